The van der Waals surface area contributed by atoms with E-state index in [4.69, 9.17) is 4.42 Å². The van der Waals surface area contributed by atoms with Crippen LogP contribution in [0.15, 0.2) is 69.8 Å². The van der Waals surface area contributed by atoms with Crippen molar-refractivity contribution in [3.05, 3.63) is 81.7 Å². The van der Waals surface area contributed by atoms with Gasteiger partial charge in [-0.1, -0.05) is 42.5 Å². The van der Waals surface area contributed by atoms with E-state index in [1.807, 2.05) is 23.6 Å². The summed E-state index contributed by atoms with van der Waals surface area (Å²) in [6, 6.07) is 18.6. The smallest absolute Gasteiger partial charge is 0.257 e. The number of thiophene rings is 2. The van der Waals surface area contributed by atoms with Crippen LogP contribution in [0, 0.1) is 0 Å². The van der Waals surface area contributed by atoms with Crippen LogP contribution < -0.4 is 5.32 Å². The maximum atomic E-state index is 5.87. The predicted octanol–water partition coefficient (Wildman–Crippen LogP) is 5.30. The van der Waals surface area contributed by atoms with E-state index in [1.54, 1.807) is 22.7 Å². The topological polar surface area (TPSA) is 51.0 Å². The maximum Gasteiger partial charge on any atom is 0.257 e. The monoisotopic (exact) mass is 367 g/mol. The van der Waals surface area contributed by atoms with Crippen molar-refractivity contribution < 1.29 is 4.42 Å². The summed E-state index contributed by atoms with van der Waals surface area (Å²) in [6.45, 7) is 2.05. The minimum atomic E-state index is -0.0616. The summed E-state index contributed by atoms with van der Waals surface area (Å²) in [5.41, 5.74) is 1.22. The molecule has 0 saturated heterocycles. The normalized spacial score (nSPS) is 13.6. The number of aromatic nitrogens is 2. The molecule has 0 saturated carbocycles. The van der Waals surface area contributed by atoms with E-state index < -0.39 is 0 Å². The van der Waals surface area contributed by atoms with E-state index in [0.29, 0.717) is 11.8 Å². The molecule has 3 aromatic heterocycles. The van der Waals surface area contributed by atoms with Gasteiger partial charge in [-0.25, -0.2) is 0 Å². The van der Waals surface area contributed by atoms with Crippen molar-refractivity contribution in [2.24, 2.45) is 0 Å². The van der Waals surface area contributed by atoms with Crippen LogP contribution >= 0.6 is 22.7 Å². The first kappa shape index (κ1) is 16.2. The highest BCUT2D eigenvalue weighted by Gasteiger charge is 2.22. The summed E-state index contributed by atoms with van der Waals surface area (Å²) in [5.74, 6) is 1.17. The summed E-state index contributed by atoms with van der Waals surface area (Å²) < 4.78 is 5.87. The van der Waals surface area contributed by atoms with E-state index in [2.05, 4.69) is 64.2 Å². The van der Waals surface area contributed by atoms with Gasteiger partial charge in [0.1, 0.15) is 0 Å². The molecule has 0 spiro atoms. The van der Waals surface area contributed by atoms with Crippen LogP contribution in [0.2, 0.25) is 0 Å². The van der Waals surface area contributed by atoms with Crippen molar-refractivity contribution in [1.29, 1.82) is 0 Å². The van der Waals surface area contributed by atoms with Gasteiger partial charge in [0.05, 0.1) is 17.0 Å². The molecular formula is C19H17N3OS2. The Morgan fingerprint density at radius 2 is 1.72 bits per heavy atom. The van der Waals surface area contributed by atoms with Gasteiger partial charge in [-0.15, -0.1) is 32.9 Å². The van der Waals surface area contributed by atoms with Gasteiger partial charge in [-0.2, -0.15) is 0 Å². The molecule has 25 heavy (non-hydrogen) atoms. The van der Waals surface area contributed by atoms with E-state index in [-0.39, 0.29) is 12.1 Å². The molecule has 0 aliphatic heterocycles. The zero-order valence-corrected chi connectivity index (χ0v) is 15.3. The molecule has 1 N–H and O–H groups in total. The molecule has 0 aliphatic carbocycles. The summed E-state index contributed by atoms with van der Waals surface area (Å²) >= 11 is 3.33. The largest absolute Gasteiger partial charge is 0.418 e. The summed E-state index contributed by atoms with van der Waals surface area (Å²) in [4.78, 5) is 2.25. The second-order valence-corrected chi connectivity index (χ2v) is 7.60. The lowest BCUT2D eigenvalue weighted by Gasteiger charge is -2.21. The fraction of sp³-hybridized carbons (Fsp3) is 0.158. The van der Waals surface area contributed by atoms with Gasteiger partial charge in [0.15, 0.2) is 0 Å². The van der Waals surface area contributed by atoms with Crippen LogP contribution in [0.3, 0.4) is 0 Å². The average Bonchev–Trinajstić information content (AvgIpc) is 3.42. The highest BCUT2D eigenvalue weighted by molar-refractivity contribution is 7.13. The molecule has 6 heteroatoms. The second-order valence-electron chi connectivity index (χ2n) is 5.67. The van der Waals surface area contributed by atoms with Crippen LogP contribution in [0.25, 0.3) is 10.8 Å². The third kappa shape index (κ3) is 3.56. The fourth-order valence-corrected chi connectivity index (χ4v) is 4.13. The molecule has 3 heterocycles. The molecule has 126 valence electrons. The third-order valence-electron chi connectivity index (χ3n) is 3.92. The molecule has 4 rings (SSSR count). The van der Waals surface area contributed by atoms with Gasteiger partial charge >= 0.3 is 0 Å². The molecule has 0 bridgehead atoms. The van der Waals surface area contributed by atoms with Crippen LogP contribution in [-0.2, 0) is 0 Å². The number of nitrogens with one attached hydrogen (secondary N) is 1. The number of hydrogen-bond acceptors (Lipinski definition) is 6. The fourth-order valence-electron chi connectivity index (χ4n) is 2.67. The second kappa shape index (κ2) is 7.31. The van der Waals surface area contributed by atoms with Crippen molar-refractivity contribution in [2.75, 3.05) is 0 Å². The Bertz CT molecular complexity index is 901. The van der Waals surface area contributed by atoms with Crippen LogP contribution in [0.4, 0.5) is 0 Å². The van der Waals surface area contributed by atoms with Crippen molar-refractivity contribution >= 4 is 22.7 Å². The number of hydrogen-bond donors (Lipinski definition) is 1. The lowest BCUT2D eigenvalue weighted by Crippen LogP contribution is -2.25. The summed E-state index contributed by atoms with van der Waals surface area (Å²) in [7, 11) is 0. The Kier molecular flexibility index (Phi) is 4.74. The highest BCUT2D eigenvalue weighted by Crippen LogP contribution is 2.30. The minimum Gasteiger partial charge on any atom is -0.418 e. The van der Waals surface area contributed by atoms with Crippen LogP contribution in [-0.4, -0.2) is 10.2 Å². The molecule has 4 nitrogen and oxygen atoms in total. The van der Waals surface area contributed by atoms with Gasteiger partial charge in [-0.3, -0.25) is 5.32 Å². The number of nitrogens with zero attached hydrogens (tertiary/aromatic N) is 2. The van der Waals surface area contributed by atoms with E-state index in [0.717, 1.165) is 4.88 Å². The quantitative estimate of drug-likeness (QED) is 0.502. The molecular weight excluding hydrogens is 350 g/mol. The molecule has 4 aromatic rings. The molecule has 0 aliphatic rings. The average molecular weight is 367 g/mol. The number of benzene rings is 1. The van der Waals surface area contributed by atoms with Crippen molar-refractivity contribution in [3.8, 4) is 10.8 Å². The number of rotatable bonds is 6. The zero-order valence-electron chi connectivity index (χ0n) is 13.6. The van der Waals surface area contributed by atoms with Gasteiger partial charge in [0.25, 0.3) is 5.89 Å². The Morgan fingerprint density at radius 1 is 0.920 bits per heavy atom. The van der Waals surface area contributed by atoms with Gasteiger partial charge in [-0.05, 0) is 35.4 Å². The molecule has 0 fully saturated rings. The lowest BCUT2D eigenvalue weighted by molar-refractivity contribution is 0.405. The summed E-state index contributed by atoms with van der Waals surface area (Å²) in [6.07, 6.45) is 0. The molecule has 0 radical (unpaired) electrons. The van der Waals surface area contributed by atoms with E-state index in [1.165, 1.54) is 10.4 Å². The molecule has 0 amide bonds. The highest BCUT2D eigenvalue weighted by atomic mass is 32.1. The third-order valence-corrected chi connectivity index (χ3v) is 5.72. The Morgan fingerprint density at radius 3 is 2.44 bits per heavy atom. The standard InChI is InChI=1S/C19H17N3OS2/c1-13(18-21-22-19(23-18)16-10-6-12-25-16)20-17(15-9-5-11-24-15)14-7-3-2-4-8-14/h2-13,17,20H,1H3/t13-,17-/m0/s1. The van der Waals surface area contributed by atoms with Crippen LogP contribution in [0.5, 0.6) is 0 Å². The SMILES string of the molecule is C[C@H](N[C@@H](c1ccccc1)c1cccs1)c1nnc(-c2cccs2)o1. The van der Waals surface area contributed by atoms with Crippen molar-refractivity contribution in [3.63, 3.8) is 0 Å². The first-order valence-electron chi connectivity index (χ1n) is 8.03. The minimum absolute atomic E-state index is 0.0616. The first-order chi connectivity index (χ1) is 12.3. The Labute approximate surface area is 154 Å². The zero-order chi connectivity index (χ0) is 17.1. The molecule has 1 aromatic carbocycles. The Balaban J connectivity index is 1.58. The molecule has 0 unspecified atom stereocenters. The van der Waals surface area contributed by atoms with Gasteiger partial charge < -0.3 is 4.42 Å². The van der Waals surface area contributed by atoms with E-state index >= 15 is 0 Å². The van der Waals surface area contributed by atoms with E-state index in [9.17, 15) is 0 Å². The predicted molar refractivity (Wildman–Crippen MR) is 102 cm³/mol. The maximum absolute atomic E-state index is 5.87. The van der Waals surface area contributed by atoms with Crippen molar-refractivity contribution in [2.45, 2.75) is 19.0 Å². The first-order valence-corrected chi connectivity index (χ1v) is 9.79. The lowest BCUT2D eigenvalue weighted by atomic mass is 10.0. The Hall–Kier alpha value is -2.28. The van der Waals surface area contributed by atoms with Crippen molar-refractivity contribution in [1.82, 2.24) is 15.5 Å². The summed E-state index contributed by atoms with van der Waals surface area (Å²) in [5, 5.41) is 16.1. The van der Waals surface area contributed by atoms with Gasteiger partial charge in [0.2, 0.25) is 5.89 Å². The molecule has 2 atom stereocenters. The van der Waals surface area contributed by atoms with Gasteiger partial charge in [0, 0.05) is 4.88 Å². The van der Waals surface area contributed by atoms with Crippen LogP contribution in [0.1, 0.15) is 35.3 Å².